The molecule has 0 saturated carbocycles. The zero-order valence-corrected chi connectivity index (χ0v) is 15.1. The number of hydrogen-bond acceptors (Lipinski definition) is 8. The van der Waals surface area contributed by atoms with Gasteiger partial charge in [-0.1, -0.05) is 5.16 Å². The average molecular weight is 381 g/mol. The molecule has 0 aliphatic heterocycles. The van der Waals surface area contributed by atoms with Gasteiger partial charge in [-0.3, -0.25) is 14.4 Å². The summed E-state index contributed by atoms with van der Waals surface area (Å²) in [6, 6.07) is 0.452. The lowest BCUT2D eigenvalue weighted by Gasteiger charge is -2.18. The van der Waals surface area contributed by atoms with E-state index in [1.165, 1.54) is 24.5 Å². The molecule has 1 amide bonds. The Hall–Kier alpha value is -2.59. The second kappa shape index (κ2) is 9.20. The number of nitrogens with zero attached hydrogens (tertiary/aromatic N) is 2. The number of amides is 1. The molecule has 2 N–H and O–H groups in total. The highest BCUT2D eigenvalue weighted by atomic mass is 32.1. The van der Waals surface area contributed by atoms with E-state index in [1.807, 2.05) is 0 Å². The Morgan fingerprint density at radius 1 is 1.42 bits per heavy atom. The number of aliphatic carboxylic acids is 1. The van der Waals surface area contributed by atoms with Crippen LogP contribution in [0.15, 0.2) is 21.5 Å². The van der Waals surface area contributed by atoms with Crippen molar-refractivity contribution in [2.24, 2.45) is 5.92 Å². The van der Waals surface area contributed by atoms with Crippen LogP contribution in [-0.2, 0) is 20.7 Å². The highest BCUT2D eigenvalue weighted by Crippen LogP contribution is 2.15. The van der Waals surface area contributed by atoms with Crippen LogP contribution in [-0.4, -0.2) is 52.7 Å². The number of thiazole rings is 1. The Morgan fingerprint density at radius 2 is 2.19 bits per heavy atom. The van der Waals surface area contributed by atoms with Gasteiger partial charge in [-0.05, 0) is 6.92 Å². The number of ketones is 1. The van der Waals surface area contributed by atoms with Crippen LogP contribution in [0, 0.1) is 12.8 Å². The van der Waals surface area contributed by atoms with E-state index in [0.29, 0.717) is 11.5 Å². The third-order valence-electron chi connectivity index (χ3n) is 3.62. The van der Waals surface area contributed by atoms with Crippen molar-refractivity contribution < 1.29 is 28.8 Å². The van der Waals surface area contributed by atoms with Crippen molar-refractivity contribution in [1.82, 2.24) is 15.5 Å². The topological polar surface area (TPSA) is 132 Å². The monoisotopic (exact) mass is 381 g/mol. The Labute approximate surface area is 153 Å². The van der Waals surface area contributed by atoms with E-state index in [1.54, 1.807) is 17.8 Å². The van der Waals surface area contributed by atoms with Crippen molar-refractivity contribution >= 4 is 29.0 Å². The molecule has 0 aliphatic rings. The first kappa shape index (κ1) is 19.7. The molecule has 0 fully saturated rings. The number of carboxylic acids is 1. The normalized spacial score (nSPS) is 13.2. The number of aromatic nitrogens is 2. The Morgan fingerprint density at radius 3 is 2.73 bits per heavy atom. The zero-order valence-electron chi connectivity index (χ0n) is 14.3. The first-order valence-electron chi connectivity index (χ1n) is 7.76. The Balaban J connectivity index is 2.03. The van der Waals surface area contributed by atoms with Crippen LogP contribution in [0.25, 0.3) is 0 Å². The molecule has 2 aromatic rings. The van der Waals surface area contributed by atoms with Gasteiger partial charge in [-0.25, -0.2) is 4.98 Å². The van der Waals surface area contributed by atoms with E-state index in [0.717, 1.165) is 0 Å². The number of carbonyl (C=O) groups excluding carboxylic acids is 2. The van der Waals surface area contributed by atoms with Crippen molar-refractivity contribution in [3.63, 3.8) is 0 Å². The van der Waals surface area contributed by atoms with Crippen LogP contribution in [0.2, 0.25) is 0 Å². The second-order valence-corrected chi connectivity index (χ2v) is 6.41. The van der Waals surface area contributed by atoms with Gasteiger partial charge in [0.2, 0.25) is 0 Å². The lowest BCUT2D eigenvalue weighted by atomic mass is 9.94. The maximum absolute atomic E-state index is 12.5. The number of ether oxygens (including phenoxy) is 1. The number of carboxylic acid groups (broad SMARTS) is 1. The summed E-state index contributed by atoms with van der Waals surface area (Å²) in [5.41, 5.74) is 2.25. The van der Waals surface area contributed by atoms with Crippen molar-refractivity contribution in [2.75, 3.05) is 13.7 Å². The molecule has 0 unspecified atom stereocenters. The van der Waals surface area contributed by atoms with Crippen molar-refractivity contribution in [3.8, 4) is 0 Å². The van der Waals surface area contributed by atoms with Crippen LogP contribution in [0.4, 0.5) is 0 Å². The number of hydrogen-bond donors (Lipinski definition) is 2. The molecule has 2 rings (SSSR count). The summed E-state index contributed by atoms with van der Waals surface area (Å²) in [5.74, 6) is -2.61. The lowest BCUT2D eigenvalue weighted by molar-refractivity contribution is -0.144. The summed E-state index contributed by atoms with van der Waals surface area (Å²) >= 11 is 1.35. The molecule has 9 nitrogen and oxygen atoms in total. The summed E-state index contributed by atoms with van der Waals surface area (Å²) in [6.07, 6.45) is -0.111. The fourth-order valence-electron chi connectivity index (χ4n) is 2.31. The quantitative estimate of drug-likeness (QED) is 0.625. The molecule has 0 radical (unpaired) electrons. The Kier molecular flexibility index (Phi) is 6.98. The zero-order chi connectivity index (χ0) is 19.1. The molecule has 0 bridgehead atoms. The summed E-state index contributed by atoms with van der Waals surface area (Å²) in [6.45, 7) is 1.56. The third kappa shape index (κ3) is 5.46. The second-order valence-electron chi connectivity index (χ2n) is 5.69. The first-order valence-corrected chi connectivity index (χ1v) is 8.70. The molecule has 10 heteroatoms. The van der Waals surface area contributed by atoms with Gasteiger partial charge >= 0.3 is 5.97 Å². The smallest absolute Gasteiger partial charge is 0.307 e. The summed E-state index contributed by atoms with van der Waals surface area (Å²) in [4.78, 5) is 40.2. The summed E-state index contributed by atoms with van der Waals surface area (Å²) in [5, 5.41) is 17.2. The van der Waals surface area contributed by atoms with Crippen molar-refractivity contribution in [2.45, 2.75) is 25.8 Å². The maximum Gasteiger partial charge on any atom is 0.307 e. The van der Waals surface area contributed by atoms with Crippen LogP contribution < -0.4 is 5.32 Å². The van der Waals surface area contributed by atoms with Crippen LogP contribution in [0.5, 0.6) is 0 Å². The van der Waals surface area contributed by atoms with E-state index in [2.05, 4.69) is 15.5 Å². The SMILES string of the molecule is COC[C@H](NC(=O)c1cc(C)on1)C(=O)C[C@@H](Cc1cscn1)C(=O)O. The summed E-state index contributed by atoms with van der Waals surface area (Å²) < 4.78 is 9.81. The highest BCUT2D eigenvalue weighted by molar-refractivity contribution is 7.07. The molecular formula is C16H19N3O6S. The molecule has 0 spiro atoms. The maximum atomic E-state index is 12.5. The van der Waals surface area contributed by atoms with Crippen LogP contribution in [0.1, 0.15) is 28.4 Å². The molecule has 0 aromatic carbocycles. The standard InChI is InChI=1S/C16H19N3O6S/c1-9-3-12(19-25-9)15(21)18-13(6-24-2)14(20)5-10(16(22)23)4-11-7-26-8-17-11/h3,7-8,10,13H,4-6H2,1-2H3,(H,18,21)(H,22,23)/t10-,13+/m1/s1. The van der Waals surface area contributed by atoms with Gasteiger partial charge in [-0.15, -0.1) is 11.3 Å². The predicted octanol–water partition coefficient (Wildman–Crippen LogP) is 1.09. The molecular weight excluding hydrogens is 362 g/mol. The lowest BCUT2D eigenvalue weighted by Crippen LogP contribution is -2.45. The largest absolute Gasteiger partial charge is 0.481 e. The number of nitrogens with one attached hydrogen (secondary N) is 1. The van der Waals surface area contributed by atoms with Gasteiger partial charge in [0.25, 0.3) is 5.91 Å². The number of Topliss-reactive ketones (excluding diaryl/α,β-unsaturated/α-hetero) is 1. The minimum absolute atomic E-state index is 0.0358. The predicted molar refractivity (Wildman–Crippen MR) is 90.9 cm³/mol. The average Bonchev–Trinajstić information content (AvgIpc) is 3.25. The van der Waals surface area contributed by atoms with Gasteiger partial charge in [-0.2, -0.15) is 0 Å². The van der Waals surface area contributed by atoms with Crippen LogP contribution >= 0.6 is 11.3 Å². The molecule has 0 saturated heterocycles. The third-order valence-corrected chi connectivity index (χ3v) is 4.26. The molecule has 2 aromatic heterocycles. The van der Waals surface area contributed by atoms with Crippen LogP contribution in [0.3, 0.4) is 0 Å². The van der Waals surface area contributed by atoms with E-state index in [4.69, 9.17) is 9.26 Å². The molecule has 140 valence electrons. The number of carbonyl (C=O) groups is 3. The van der Waals surface area contributed by atoms with Crippen molar-refractivity contribution in [3.05, 3.63) is 34.1 Å². The molecule has 2 atom stereocenters. The van der Waals surface area contributed by atoms with E-state index in [-0.39, 0.29) is 25.1 Å². The van der Waals surface area contributed by atoms with Gasteiger partial charge in [0.15, 0.2) is 11.5 Å². The fourth-order valence-corrected chi connectivity index (χ4v) is 2.88. The highest BCUT2D eigenvalue weighted by Gasteiger charge is 2.29. The van der Waals surface area contributed by atoms with Crippen molar-refractivity contribution in [1.29, 1.82) is 0 Å². The minimum atomic E-state index is -1.10. The number of aryl methyl sites for hydroxylation is 1. The number of rotatable bonds is 10. The van der Waals surface area contributed by atoms with E-state index >= 15 is 0 Å². The molecule has 2 heterocycles. The molecule has 0 aliphatic carbocycles. The molecule has 26 heavy (non-hydrogen) atoms. The van der Waals surface area contributed by atoms with Gasteiger partial charge in [0.1, 0.15) is 11.8 Å². The van der Waals surface area contributed by atoms with Gasteiger partial charge < -0.3 is 19.7 Å². The minimum Gasteiger partial charge on any atom is -0.481 e. The van der Waals surface area contributed by atoms with Gasteiger partial charge in [0.05, 0.1) is 23.7 Å². The van der Waals surface area contributed by atoms with Gasteiger partial charge in [0, 0.05) is 31.4 Å². The first-order chi connectivity index (χ1) is 12.4. The number of methoxy groups -OCH3 is 1. The van der Waals surface area contributed by atoms with E-state index < -0.39 is 29.6 Å². The Bertz CT molecular complexity index is 758. The van der Waals surface area contributed by atoms with E-state index in [9.17, 15) is 19.5 Å². The summed E-state index contributed by atoms with van der Waals surface area (Å²) in [7, 11) is 1.39. The fraction of sp³-hybridized carbons (Fsp3) is 0.438.